The first-order valence-electron chi connectivity index (χ1n) is 6.20. The van der Waals surface area contributed by atoms with Crippen LogP contribution in [0, 0.1) is 6.92 Å². The fraction of sp³-hybridized carbons (Fsp3) is 0.385. The van der Waals surface area contributed by atoms with Crippen LogP contribution < -0.4 is 5.32 Å². The molecule has 0 amide bonds. The van der Waals surface area contributed by atoms with Gasteiger partial charge in [0.1, 0.15) is 12.2 Å². The van der Waals surface area contributed by atoms with Crippen LogP contribution >= 0.6 is 0 Å². The number of hydrogen-bond acceptors (Lipinski definition) is 3. The monoisotopic (exact) mass is 284 g/mol. The molecule has 4 nitrogen and oxygen atoms in total. The Balaban J connectivity index is 2.17. The maximum atomic E-state index is 12.7. The fourth-order valence-corrected chi connectivity index (χ4v) is 1.85. The summed E-state index contributed by atoms with van der Waals surface area (Å²) in [7, 11) is 0. The number of halogens is 3. The average Bonchev–Trinajstić information content (AvgIpc) is 2.83. The Kier molecular flexibility index (Phi) is 3.96. The number of aryl methyl sites for hydroxylation is 2. The molecule has 0 atom stereocenters. The highest BCUT2D eigenvalue weighted by atomic mass is 19.4. The summed E-state index contributed by atoms with van der Waals surface area (Å²) in [6.45, 7) is 4.68. The molecule has 0 spiro atoms. The van der Waals surface area contributed by atoms with Gasteiger partial charge in [-0.1, -0.05) is 6.07 Å². The molecule has 2 rings (SSSR count). The van der Waals surface area contributed by atoms with Crippen LogP contribution in [0.5, 0.6) is 0 Å². The number of rotatable bonds is 4. The zero-order valence-corrected chi connectivity index (χ0v) is 11.2. The van der Waals surface area contributed by atoms with Crippen LogP contribution in [0.15, 0.2) is 24.5 Å². The fourth-order valence-electron chi connectivity index (χ4n) is 1.85. The minimum absolute atomic E-state index is 0.329. The van der Waals surface area contributed by atoms with Gasteiger partial charge in [0.15, 0.2) is 0 Å². The molecule has 0 aliphatic heterocycles. The lowest BCUT2D eigenvalue weighted by atomic mass is 10.1. The van der Waals surface area contributed by atoms with Gasteiger partial charge in [0.2, 0.25) is 0 Å². The summed E-state index contributed by atoms with van der Waals surface area (Å²) in [6.07, 6.45) is -2.91. The topological polar surface area (TPSA) is 42.7 Å². The van der Waals surface area contributed by atoms with Crippen LogP contribution in [0.3, 0.4) is 0 Å². The summed E-state index contributed by atoms with van der Waals surface area (Å²) in [5, 5.41) is 6.99. The minimum Gasteiger partial charge on any atom is -0.378 e. The molecule has 0 aliphatic carbocycles. The normalized spacial score (nSPS) is 11.7. The van der Waals surface area contributed by atoms with Gasteiger partial charge < -0.3 is 5.32 Å². The van der Waals surface area contributed by atoms with Crippen molar-refractivity contribution >= 4 is 5.69 Å². The van der Waals surface area contributed by atoms with Crippen LogP contribution in [0.1, 0.15) is 23.9 Å². The lowest BCUT2D eigenvalue weighted by molar-refractivity contribution is -0.137. The molecule has 0 unspecified atom stereocenters. The van der Waals surface area contributed by atoms with E-state index in [1.807, 2.05) is 6.92 Å². The van der Waals surface area contributed by atoms with Crippen LogP contribution in [0.25, 0.3) is 0 Å². The Morgan fingerprint density at radius 2 is 2.05 bits per heavy atom. The molecule has 0 saturated carbocycles. The highest BCUT2D eigenvalue weighted by Crippen LogP contribution is 2.32. The second kappa shape index (κ2) is 5.52. The van der Waals surface area contributed by atoms with E-state index < -0.39 is 11.7 Å². The van der Waals surface area contributed by atoms with Crippen LogP contribution in [0.2, 0.25) is 0 Å². The van der Waals surface area contributed by atoms with Crippen molar-refractivity contribution in [1.82, 2.24) is 14.8 Å². The van der Waals surface area contributed by atoms with Crippen molar-refractivity contribution in [1.29, 1.82) is 0 Å². The Bertz CT molecular complexity index is 590. The predicted molar refractivity (Wildman–Crippen MR) is 69.2 cm³/mol. The van der Waals surface area contributed by atoms with E-state index in [-0.39, 0.29) is 0 Å². The molecule has 1 aromatic heterocycles. The molecule has 0 saturated heterocycles. The van der Waals surface area contributed by atoms with Crippen LogP contribution in [0.4, 0.5) is 18.9 Å². The third kappa shape index (κ3) is 3.09. The number of anilines is 1. The molecule has 1 aromatic carbocycles. The van der Waals surface area contributed by atoms with Crippen molar-refractivity contribution in [3.8, 4) is 0 Å². The molecule has 7 heteroatoms. The van der Waals surface area contributed by atoms with Gasteiger partial charge >= 0.3 is 6.18 Å². The Hall–Kier alpha value is -2.05. The first-order chi connectivity index (χ1) is 9.41. The Labute approximate surface area is 114 Å². The van der Waals surface area contributed by atoms with E-state index in [4.69, 9.17) is 0 Å². The van der Waals surface area contributed by atoms with Gasteiger partial charge in [-0.15, -0.1) is 0 Å². The van der Waals surface area contributed by atoms with Gasteiger partial charge in [-0.3, -0.25) is 0 Å². The van der Waals surface area contributed by atoms with Crippen molar-refractivity contribution in [2.24, 2.45) is 0 Å². The number of nitrogens with one attached hydrogen (secondary N) is 1. The molecule has 0 radical (unpaired) electrons. The minimum atomic E-state index is -4.34. The molecule has 0 fully saturated rings. The van der Waals surface area contributed by atoms with Crippen molar-refractivity contribution in [2.75, 3.05) is 5.32 Å². The molecule has 1 N–H and O–H groups in total. The third-order valence-corrected chi connectivity index (χ3v) is 3.00. The lowest BCUT2D eigenvalue weighted by Crippen LogP contribution is -2.11. The zero-order valence-electron chi connectivity index (χ0n) is 11.2. The van der Waals surface area contributed by atoms with E-state index in [0.717, 1.165) is 17.7 Å². The smallest absolute Gasteiger partial charge is 0.378 e. The van der Waals surface area contributed by atoms with Crippen molar-refractivity contribution < 1.29 is 13.2 Å². The molecule has 2 aromatic rings. The Morgan fingerprint density at radius 1 is 1.30 bits per heavy atom. The molecule has 1 heterocycles. The second-order valence-corrected chi connectivity index (χ2v) is 4.37. The number of alkyl halides is 3. The van der Waals surface area contributed by atoms with E-state index in [1.54, 1.807) is 11.6 Å². The van der Waals surface area contributed by atoms with Gasteiger partial charge in [0.25, 0.3) is 0 Å². The van der Waals surface area contributed by atoms with Gasteiger partial charge in [-0.2, -0.15) is 18.3 Å². The lowest BCUT2D eigenvalue weighted by Gasteiger charge is -2.13. The van der Waals surface area contributed by atoms with E-state index in [0.29, 0.717) is 24.6 Å². The summed E-state index contributed by atoms with van der Waals surface area (Å²) in [4.78, 5) is 4.07. The molecule has 0 aliphatic rings. The maximum absolute atomic E-state index is 12.7. The van der Waals surface area contributed by atoms with E-state index in [1.165, 1.54) is 12.4 Å². The first-order valence-corrected chi connectivity index (χ1v) is 6.20. The van der Waals surface area contributed by atoms with Crippen LogP contribution in [-0.2, 0) is 19.3 Å². The van der Waals surface area contributed by atoms with Gasteiger partial charge in [-0.05, 0) is 31.5 Å². The molecular weight excluding hydrogens is 269 g/mol. The SMILES string of the molecule is CCn1ncnc1CNc1cc(C(F)(F)F)ccc1C. The number of nitrogens with zero attached hydrogens (tertiary/aromatic N) is 3. The van der Waals surface area contributed by atoms with Crippen LogP contribution in [-0.4, -0.2) is 14.8 Å². The maximum Gasteiger partial charge on any atom is 0.416 e. The summed E-state index contributed by atoms with van der Waals surface area (Å²) in [5.74, 6) is 0.685. The van der Waals surface area contributed by atoms with Crippen molar-refractivity contribution in [3.63, 3.8) is 0 Å². The quantitative estimate of drug-likeness (QED) is 0.937. The molecule has 20 heavy (non-hydrogen) atoms. The third-order valence-electron chi connectivity index (χ3n) is 3.00. The van der Waals surface area contributed by atoms with E-state index in [9.17, 15) is 13.2 Å². The molecule has 108 valence electrons. The second-order valence-electron chi connectivity index (χ2n) is 4.37. The highest BCUT2D eigenvalue weighted by molar-refractivity contribution is 5.53. The number of hydrogen-bond donors (Lipinski definition) is 1. The van der Waals surface area contributed by atoms with E-state index >= 15 is 0 Å². The highest BCUT2D eigenvalue weighted by Gasteiger charge is 2.30. The predicted octanol–water partition coefficient (Wildman–Crippen LogP) is 3.24. The molecular formula is C13H15F3N4. The molecule has 0 bridgehead atoms. The van der Waals surface area contributed by atoms with E-state index in [2.05, 4.69) is 15.4 Å². The summed E-state index contributed by atoms with van der Waals surface area (Å²) in [5.41, 5.74) is 0.536. The van der Waals surface area contributed by atoms with Crippen molar-refractivity contribution in [3.05, 3.63) is 41.5 Å². The van der Waals surface area contributed by atoms with Gasteiger partial charge in [0.05, 0.1) is 12.1 Å². The first kappa shape index (κ1) is 14.4. The largest absolute Gasteiger partial charge is 0.416 e. The van der Waals surface area contributed by atoms with Gasteiger partial charge in [0, 0.05) is 12.2 Å². The van der Waals surface area contributed by atoms with Gasteiger partial charge in [-0.25, -0.2) is 9.67 Å². The summed E-state index contributed by atoms with van der Waals surface area (Å²) >= 11 is 0. The summed E-state index contributed by atoms with van der Waals surface area (Å²) in [6, 6.07) is 3.65. The Morgan fingerprint density at radius 3 is 2.70 bits per heavy atom. The number of benzene rings is 1. The number of aromatic nitrogens is 3. The average molecular weight is 284 g/mol. The zero-order chi connectivity index (χ0) is 14.8. The van der Waals surface area contributed by atoms with Crippen molar-refractivity contribution in [2.45, 2.75) is 33.1 Å². The summed E-state index contributed by atoms with van der Waals surface area (Å²) < 4.78 is 39.7. The standard InChI is InChI=1S/C13H15F3N4/c1-3-20-12(18-8-19-20)7-17-11-6-10(13(14,15)16)5-4-9(11)2/h4-6,8,17H,3,7H2,1-2H3.